The molecule has 0 heterocycles. The Morgan fingerprint density at radius 2 is 1.64 bits per heavy atom. The minimum atomic E-state index is -0.215. The maximum Gasteiger partial charge on any atom is 0.329 e. The van der Waals surface area contributed by atoms with Crippen LogP contribution in [-0.4, -0.2) is 0 Å². The molecule has 0 N–H and O–H groups in total. The second kappa shape index (κ2) is 8.00. The van der Waals surface area contributed by atoms with E-state index in [-0.39, 0.29) is 33.3 Å². The summed E-state index contributed by atoms with van der Waals surface area (Å²) in [6.45, 7) is 0. The molecule has 1 nitrogen and oxygen atoms in total. The van der Waals surface area contributed by atoms with E-state index in [2.05, 4.69) is 0 Å². The average Bonchev–Trinajstić information content (AvgIpc) is 1.91. The highest BCUT2D eigenvalue weighted by molar-refractivity contribution is 7.22. The van der Waals surface area contributed by atoms with Gasteiger partial charge in [-0.1, -0.05) is 34.9 Å². The average molecular weight is 212 g/mol. The van der Waals surface area contributed by atoms with Gasteiger partial charge in [-0.3, -0.25) is 0 Å². The molecule has 1 aromatic carbocycles. The van der Waals surface area contributed by atoms with Crippen molar-refractivity contribution in [3.8, 4) is 0 Å². The summed E-state index contributed by atoms with van der Waals surface area (Å²) in [6, 6.07) is 9.82. The predicted molar refractivity (Wildman–Crippen MR) is 53.6 cm³/mol. The molecule has 0 saturated carbocycles. The van der Waals surface area contributed by atoms with Gasteiger partial charge < -0.3 is 0 Å². The van der Waals surface area contributed by atoms with Crippen molar-refractivity contribution in [3.05, 3.63) is 35.9 Å². The Bertz CT molecular complexity index is 191. The monoisotopic (exact) mass is 211 g/mol. The molecule has 0 bridgehead atoms. The molecule has 0 aliphatic carbocycles. The van der Waals surface area contributed by atoms with Gasteiger partial charge in [0.1, 0.15) is 0 Å². The largest absolute Gasteiger partial charge is 0.329 e. The van der Waals surface area contributed by atoms with Crippen LogP contribution in [0.25, 0.3) is 0 Å². The Kier molecular flexibility index (Phi) is 9.81. The van der Waals surface area contributed by atoms with Crippen LogP contribution in [-0.2, 0) is 10.7 Å². The van der Waals surface area contributed by atoms with Gasteiger partial charge in [0.2, 0.25) is 0 Å². The molecule has 0 aromatic heterocycles. The molecule has 1 aromatic rings. The van der Waals surface area contributed by atoms with Crippen LogP contribution in [0.2, 0.25) is 0 Å². The number of rotatable bonds is 2. The molecule has 4 heteroatoms. The first-order chi connectivity index (χ1) is 4.43. The molecule has 1 rings (SSSR count). The SMILES string of the molecule is Cl.Cl.O=[PH+]Cc1ccccc1. The van der Waals surface area contributed by atoms with E-state index in [9.17, 15) is 4.57 Å². The zero-order valence-electron chi connectivity index (χ0n) is 5.82. The fourth-order valence-corrected chi connectivity index (χ4v) is 1.08. The Balaban J connectivity index is 0. The molecule has 0 amide bonds. The predicted octanol–water partition coefficient (Wildman–Crippen LogP) is 3.05. The second-order valence-corrected chi connectivity index (χ2v) is 2.45. The van der Waals surface area contributed by atoms with E-state index in [1.54, 1.807) is 0 Å². The highest BCUT2D eigenvalue weighted by Gasteiger charge is 1.92. The van der Waals surface area contributed by atoms with E-state index in [0.29, 0.717) is 6.16 Å². The third kappa shape index (κ3) is 5.20. The van der Waals surface area contributed by atoms with Crippen LogP contribution in [0.15, 0.2) is 30.3 Å². The van der Waals surface area contributed by atoms with Crippen molar-refractivity contribution in [2.45, 2.75) is 6.16 Å². The maximum atomic E-state index is 10.1. The molecule has 0 saturated heterocycles. The van der Waals surface area contributed by atoms with E-state index >= 15 is 0 Å². The summed E-state index contributed by atoms with van der Waals surface area (Å²) in [7, 11) is -0.215. The van der Waals surface area contributed by atoms with Gasteiger partial charge >= 0.3 is 8.46 Å². The molecule has 0 aliphatic heterocycles. The van der Waals surface area contributed by atoms with Crippen molar-refractivity contribution in [3.63, 3.8) is 0 Å². The summed E-state index contributed by atoms with van der Waals surface area (Å²) in [6.07, 6.45) is 0.681. The number of hydrogen-bond acceptors (Lipinski definition) is 1. The Hall–Kier alpha value is -0.100. The molecule has 0 radical (unpaired) electrons. The van der Waals surface area contributed by atoms with E-state index in [1.807, 2.05) is 30.3 Å². The number of hydrogen-bond donors (Lipinski definition) is 0. The Morgan fingerprint density at radius 3 is 2.09 bits per heavy atom. The van der Waals surface area contributed by atoms with Crippen LogP contribution in [0.4, 0.5) is 0 Å². The lowest BCUT2D eigenvalue weighted by molar-refractivity contribution is 0.598. The van der Waals surface area contributed by atoms with Gasteiger partial charge in [-0.25, -0.2) is 0 Å². The molecule has 62 valence electrons. The summed E-state index contributed by atoms with van der Waals surface area (Å²) in [5, 5.41) is 0. The summed E-state index contributed by atoms with van der Waals surface area (Å²) in [4.78, 5) is 0. The van der Waals surface area contributed by atoms with Crippen molar-refractivity contribution in [2.24, 2.45) is 0 Å². The van der Waals surface area contributed by atoms with E-state index < -0.39 is 0 Å². The van der Waals surface area contributed by atoms with Gasteiger partial charge in [0, 0.05) is 0 Å². The van der Waals surface area contributed by atoms with Crippen LogP contribution in [0.5, 0.6) is 0 Å². The van der Waals surface area contributed by atoms with Crippen LogP contribution < -0.4 is 0 Å². The minimum absolute atomic E-state index is 0. The molecule has 0 spiro atoms. The summed E-state index contributed by atoms with van der Waals surface area (Å²) in [5.74, 6) is 0. The molecule has 0 aliphatic rings. The molecular weight excluding hydrogens is 202 g/mol. The van der Waals surface area contributed by atoms with E-state index in [1.165, 1.54) is 0 Å². The summed E-state index contributed by atoms with van der Waals surface area (Å²) in [5.41, 5.74) is 1.14. The third-order valence-corrected chi connectivity index (χ3v) is 1.67. The van der Waals surface area contributed by atoms with Gasteiger partial charge in [0.05, 0.1) is 0 Å². The number of benzene rings is 1. The van der Waals surface area contributed by atoms with Gasteiger partial charge in [0.25, 0.3) is 0 Å². The van der Waals surface area contributed by atoms with E-state index in [0.717, 1.165) is 5.56 Å². The fourth-order valence-electron chi connectivity index (χ4n) is 0.679. The molecule has 11 heavy (non-hydrogen) atoms. The van der Waals surface area contributed by atoms with Gasteiger partial charge in [-0.05, 0) is 5.56 Å². The zero-order valence-corrected chi connectivity index (χ0v) is 8.45. The molecule has 0 fully saturated rings. The summed E-state index contributed by atoms with van der Waals surface area (Å²) < 4.78 is 10.1. The van der Waals surface area contributed by atoms with Crippen LogP contribution in [0.1, 0.15) is 5.56 Å². The Morgan fingerprint density at radius 1 is 1.09 bits per heavy atom. The Labute approximate surface area is 80.2 Å². The van der Waals surface area contributed by atoms with Gasteiger partial charge in [-0.15, -0.1) is 24.8 Å². The van der Waals surface area contributed by atoms with Gasteiger partial charge in [-0.2, -0.15) is 0 Å². The van der Waals surface area contributed by atoms with Crippen LogP contribution in [0, 0.1) is 0 Å². The standard InChI is InChI=1S/C7H7OP.2ClH/c8-9-6-7-4-2-1-3-5-7;;/h1-5H,6H2;2*1H/p+1. The van der Waals surface area contributed by atoms with Crippen LogP contribution in [0.3, 0.4) is 0 Å². The highest BCUT2D eigenvalue weighted by atomic mass is 35.5. The van der Waals surface area contributed by atoms with E-state index in [4.69, 9.17) is 0 Å². The van der Waals surface area contributed by atoms with Crippen molar-refractivity contribution < 1.29 is 4.57 Å². The number of halogens is 2. The first-order valence-corrected chi connectivity index (χ1v) is 3.94. The van der Waals surface area contributed by atoms with Crippen molar-refractivity contribution in [1.29, 1.82) is 0 Å². The smallest absolute Gasteiger partial charge is 0.147 e. The lowest BCUT2D eigenvalue weighted by Crippen LogP contribution is -1.71. The first-order valence-electron chi connectivity index (χ1n) is 2.82. The second-order valence-electron chi connectivity index (χ2n) is 1.81. The zero-order chi connectivity index (χ0) is 6.53. The lowest BCUT2D eigenvalue weighted by atomic mass is 10.2. The van der Waals surface area contributed by atoms with Crippen molar-refractivity contribution in [1.82, 2.24) is 0 Å². The molecule has 1 atom stereocenters. The third-order valence-electron chi connectivity index (χ3n) is 1.12. The summed E-state index contributed by atoms with van der Waals surface area (Å²) >= 11 is 0. The normalized spacial score (nSPS) is 8.00. The quantitative estimate of drug-likeness (QED) is 0.688. The van der Waals surface area contributed by atoms with Crippen molar-refractivity contribution >= 4 is 33.3 Å². The van der Waals surface area contributed by atoms with Gasteiger partial charge in [0.15, 0.2) is 6.16 Å². The van der Waals surface area contributed by atoms with Crippen LogP contribution >= 0.6 is 33.3 Å². The minimum Gasteiger partial charge on any atom is -0.147 e. The molecule has 1 unspecified atom stereocenters. The first kappa shape index (κ1) is 13.5. The highest BCUT2D eigenvalue weighted by Crippen LogP contribution is 2.06. The maximum absolute atomic E-state index is 10.1. The fraction of sp³-hybridized carbons (Fsp3) is 0.143. The van der Waals surface area contributed by atoms with Crippen molar-refractivity contribution in [2.75, 3.05) is 0 Å². The molecular formula is C7H10Cl2OP+. The lowest BCUT2D eigenvalue weighted by Gasteiger charge is -1.84. The topological polar surface area (TPSA) is 17.1 Å².